The number of sulfonamides is 1. The molecule has 1 aliphatic heterocycles. The van der Waals surface area contributed by atoms with Crippen molar-refractivity contribution < 1.29 is 22.7 Å². The topological polar surface area (TPSA) is 74.7 Å². The summed E-state index contributed by atoms with van der Waals surface area (Å²) in [6.45, 7) is 1.79. The zero-order valence-corrected chi connectivity index (χ0v) is 16.7. The summed E-state index contributed by atoms with van der Waals surface area (Å²) < 4.78 is 40.0. The molecule has 1 aromatic rings. The van der Waals surface area contributed by atoms with Crippen LogP contribution >= 0.6 is 11.6 Å². The Hall–Kier alpha value is -1.44. The Morgan fingerprint density at radius 2 is 2.11 bits per heavy atom. The second kappa shape index (κ2) is 7.89. The van der Waals surface area contributed by atoms with Crippen molar-refractivity contribution in [1.82, 2.24) is 4.31 Å². The van der Waals surface area contributed by atoms with Crippen LogP contribution in [0.5, 0.6) is 5.75 Å². The highest BCUT2D eigenvalue weighted by Crippen LogP contribution is 2.37. The maximum atomic E-state index is 13.4. The van der Waals surface area contributed by atoms with E-state index >= 15 is 0 Å². The third-order valence-corrected chi connectivity index (χ3v) is 7.71. The van der Waals surface area contributed by atoms with Gasteiger partial charge in [-0.25, -0.2) is 12.8 Å². The van der Waals surface area contributed by atoms with Crippen molar-refractivity contribution >= 4 is 27.4 Å². The summed E-state index contributed by atoms with van der Waals surface area (Å²) in [5.41, 5.74) is 1.42. The number of Topliss-reactive ketones (excluding diaryl/α,β-unsaturated/α-hetero) is 1. The molecule has 0 saturated carbocycles. The first-order valence-corrected chi connectivity index (χ1v) is 10.8. The Balaban J connectivity index is 1.83. The normalized spacial score (nSPS) is 23.6. The van der Waals surface area contributed by atoms with Crippen LogP contribution in [0.15, 0.2) is 28.7 Å². The van der Waals surface area contributed by atoms with E-state index in [4.69, 9.17) is 11.6 Å². The molecule has 0 aromatic heterocycles. The highest BCUT2D eigenvalue weighted by Gasteiger charge is 2.36. The summed E-state index contributed by atoms with van der Waals surface area (Å²) in [5, 5.41) is 10.4. The maximum absolute atomic E-state index is 13.4. The van der Waals surface area contributed by atoms with Crippen molar-refractivity contribution in [2.75, 3.05) is 13.1 Å². The van der Waals surface area contributed by atoms with Gasteiger partial charge < -0.3 is 5.11 Å². The number of halogens is 2. The lowest BCUT2D eigenvalue weighted by Gasteiger charge is -2.19. The number of carbonyl (C=O) groups is 1. The zero-order chi connectivity index (χ0) is 19.8. The molecule has 2 atom stereocenters. The predicted molar refractivity (Wildman–Crippen MR) is 101 cm³/mol. The molecular weight excluding hydrogens is 393 g/mol. The van der Waals surface area contributed by atoms with Crippen LogP contribution in [0.25, 0.3) is 0 Å². The fourth-order valence-corrected chi connectivity index (χ4v) is 5.84. The molecule has 0 bridgehead atoms. The van der Waals surface area contributed by atoms with Crippen molar-refractivity contribution in [2.45, 2.75) is 50.1 Å². The molecule has 0 spiro atoms. The van der Waals surface area contributed by atoms with Crippen molar-refractivity contribution in [3.63, 3.8) is 0 Å². The van der Waals surface area contributed by atoms with Gasteiger partial charge in [0.25, 0.3) is 0 Å². The fraction of sp³-hybridized carbons (Fsp3) is 0.526. The van der Waals surface area contributed by atoms with E-state index in [-0.39, 0.29) is 48.2 Å². The molecule has 8 heteroatoms. The summed E-state index contributed by atoms with van der Waals surface area (Å²) >= 11 is 6.04. The molecule has 0 unspecified atom stereocenters. The van der Waals surface area contributed by atoms with Crippen LogP contribution in [-0.4, -0.2) is 42.9 Å². The number of carbonyl (C=O) groups excluding carboxylic acids is 1. The average molecular weight is 416 g/mol. The number of phenolic OH excluding ortho intramolecular Hbond substituents is 1. The summed E-state index contributed by atoms with van der Waals surface area (Å²) in [5.74, 6) is -0.376. The quantitative estimate of drug-likeness (QED) is 0.720. The Labute approximate surface area is 163 Å². The summed E-state index contributed by atoms with van der Waals surface area (Å²) in [4.78, 5) is 12.0. The maximum Gasteiger partial charge on any atom is 0.248 e. The second-order valence-corrected chi connectivity index (χ2v) is 9.56. The Morgan fingerprint density at radius 1 is 1.37 bits per heavy atom. The lowest BCUT2D eigenvalue weighted by Crippen LogP contribution is -2.29. The second-order valence-electron chi connectivity index (χ2n) is 7.28. The predicted octanol–water partition coefficient (Wildman–Crippen LogP) is 3.64. The number of allylic oxidation sites excluding steroid dienone is 2. The van der Waals surface area contributed by atoms with E-state index in [1.165, 1.54) is 17.7 Å². The fourth-order valence-electron chi connectivity index (χ4n) is 3.74. The standard InChI is InChI=1S/C19H23ClFNO4S/c1-12-3-2-4-13(12)9-16(23)10-14-5-6-17(20)19(18(14)24)27(25,26)22-8-7-15(21)11-22/h3,5-6,13,15,24H,2,4,7-11H2,1H3/t13-,15+/m0/s1. The van der Waals surface area contributed by atoms with Gasteiger partial charge >= 0.3 is 0 Å². The van der Waals surface area contributed by atoms with Gasteiger partial charge in [-0.1, -0.05) is 29.3 Å². The molecule has 1 aromatic carbocycles. The van der Waals surface area contributed by atoms with Gasteiger partial charge in [0.2, 0.25) is 10.0 Å². The molecule has 0 radical (unpaired) electrons. The number of hydrogen-bond acceptors (Lipinski definition) is 4. The van der Waals surface area contributed by atoms with Crippen LogP contribution < -0.4 is 0 Å². The van der Waals surface area contributed by atoms with Gasteiger partial charge in [0.15, 0.2) is 0 Å². The Bertz CT molecular complexity index is 884. The van der Waals surface area contributed by atoms with E-state index in [0.717, 1.165) is 17.1 Å². The van der Waals surface area contributed by atoms with Gasteiger partial charge in [0, 0.05) is 31.5 Å². The monoisotopic (exact) mass is 415 g/mol. The highest BCUT2D eigenvalue weighted by atomic mass is 35.5. The van der Waals surface area contributed by atoms with Crippen molar-refractivity contribution in [3.05, 3.63) is 34.4 Å². The van der Waals surface area contributed by atoms with Gasteiger partial charge in [-0.3, -0.25) is 4.79 Å². The first-order chi connectivity index (χ1) is 12.7. The van der Waals surface area contributed by atoms with Crippen LogP contribution in [0.4, 0.5) is 4.39 Å². The largest absolute Gasteiger partial charge is 0.506 e. The summed E-state index contributed by atoms with van der Waals surface area (Å²) in [6.07, 6.45) is 3.20. The molecule has 2 aliphatic rings. The molecule has 3 rings (SSSR count). The van der Waals surface area contributed by atoms with Crippen molar-refractivity contribution in [2.24, 2.45) is 5.92 Å². The van der Waals surface area contributed by atoms with E-state index in [1.807, 2.05) is 6.92 Å². The van der Waals surface area contributed by atoms with Gasteiger partial charge in [-0.2, -0.15) is 4.31 Å². The van der Waals surface area contributed by atoms with Gasteiger partial charge in [-0.15, -0.1) is 0 Å². The Kier molecular flexibility index (Phi) is 5.93. The number of phenols is 1. The molecule has 148 valence electrons. The molecule has 1 saturated heterocycles. The average Bonchev–Trinajstić information content (AvgIpc) is 3.19. The molecule has 27 heavy (non-hydrogen) atoms. The molecule has 0 amide bonds. The number of nitrogens with zero attached hydrogens (tertiary/aromatic N) is 1. The summed E-state index contributed by atoms with van der Waals surface area (Å²) in [6, 6.07) is 2.83. The number of rotatable bonds is 6. The Morgan fingerprint density at radius 3 is 2.70 bits per heavy atom. The molecule has 1 fully saturated rings. The molecule has 1 heterocycles. The van der Waals surface area contributed by atoms with Crippen molar-refractivity contribution in [1.29, 1.82) is 0 Å². The third kappa shape index (κ3) is 4.20. The first-order valence-electron chi connectivity index (χ1n) is 9.03. The van der Waals surface area contributed by atoms with Crippen LogP contribution in [-0.2, 0) is 21.2 Å². The zero-order valence-electron chi connectivity index (χ0n) is 15.1. The molecule has 1 N–H and O–H groups in total. The molecule has 1 aliphatic carbocycles. The van der Waals surface area contributed by atoms with Crippen LogP contribution in [0.3, 0.4) is 0 Å². The smallest absolute Gasteiger partial charge is 0.248 e. The van der Waals surface area contributed by atoms with E-state index < -0.39 is 26.8 Å². The summed E-state index contributed by atoms with van der Waals surface area (Å²) in [7, 11) is -4.13. The molecular formula is C19H23ClFNO4S. The van der Waals surface area contributed by atoms with Gasteiger partial charge in [0.1, 0.15) is 22.6 Å². The highest BCUT2D eigenvalue weighted by molar-refractivity contribution is 7.89. The van der Waals surface area contributed by atoms with Crippen LogP contribution in [0, 0.1) is 5.92 Å². The number of alkyl halides is 1. The number of benzene rings is 1. The minimum absolute atomic E-state index is 0.0374. The number of aromatic hydroxyl groups is 1. The van der Waals surface area contributed by atoms with Gasteiger partial charge in [0.05, 0.1) is 5.02 Å². The van der Waals surface area contributed by atoms with E-state index in [1.54, 1.807) is 0 Å². The van der Waals surface area contributed by atoms with Gasteiger partial charge in [-0.05, 0) is 38.2 Å². The lowest BCUT2D eigenvalue weighted by atomic mass is 9.93. The van der Waals surface area contributed by atoms with Crippen LogP contribution in [0.1, 0.15) is 38.2 Å². The minimum atomic E-state index is -4.13. The van der Waals surface area contributed by atoms with Crippen molar-refractivity contribution in [3.8, 4) is 5.75 Å². The molecule has 5 nitrogen and oxygen atoms in total. The number of hydrogen-bond donors (Lipinski definition) is 1. The third-order valence-electron chi connectivity index (χ3n) is 5.35. The number of ketones is 1. The van der Waals surface area contributed by atoms with E-state index in [0.29, 0.717) is 6.42 Å². The van der Waals surface area contributed by atoms with E-state index in [2.05, 4.69) is 6.08 Å². The van der Waals surface area contributed by atoms with Crippen LogP contribution in [0.2, 0.25) is 5.02 Å². The lowest BCUT2D eigenvalue weighted by molar-refractivity contribution is -0.119. The minimum Gasteiger partial charge on any atom is -0.506 e. The SMILES string of the molecule is CC1=CCC[C@H]1CC(=O)Cc1ccc(Cl)c(S(=O)(=O)N2CC[C@@H](F)C2)c1O. The first kappa shape index (κ1) is 20.3. The van der Waals surface area contributed by atoms with E-state index in [9.17, 15) is 22.7 Å².